The van der Waals surface area contributed by atoms with Crippen LogP contribution in [0.2, 0.25) is 0 Å². The number of amides is 3. The van der Waals surface area contributed by atoms with E-state index in [2.05, 4.69) is 20.6 Å². The summed E-state index contributed by atoms with van der Waals surface area (Å²) in [5.74, 6) is -1.47. The molecule has 34 heavy (non-hydrogen) atoms. The third-order valence-corrected chi connectivity index (χ3v) is 5.51. The van der Waals surface area contributed by atoms with Gasteiger partial charge in [0.1, 0.15) is 23.1 Å². The summed E-state index contributed by atoms with van der Waals surface area (Å²) < 4.78 is 29.3. The first-order chi connectivity index (χ1) is 16.2. The van der Waals surface area contributed by atoms with Gasteiger partial charge >= 0.3 is 6.03 Å². The van der Waals surface area contributed by atoms with Crippen LogP contribution in [0.4, 0.5) is 25.1 Å². The zero-order valence-electron chi connectivity index (χ0n) is 19.4. The number of hydrogen-bond donors (Lipinski definition) is 2. The number of rotatable bonds is 5. The Labute approximate surface area is 196 Å². The molecule has 0 unspecified atom stereocenters. The maximum Gasteiger partial charge on any atom is 0.328 e. The maximum absolute atomic E-state index is 14.7. The molecule has 4 rings (SSSR count). The normalized spacial score (nSPS) is 13.0. The van der Waals surface area contributed by atoms with E-state index in [1.807, 2.05) is 33.8 Å². The Kier molecular flexibility index (Phi) is 6.28. The third kappa shape index (κ3) is 4.21. The van der Waals surface area contributed by atoms with Crippen molar-refractivity contribution in [3.63, 3.8) is 0 Å². The van der Waals surface area contributed by atoms with Gasteiger partial charge < -0.3 is 10.6 Å². The molecule has 0 atom stereocenters. The SMILES string of the molecule is CCc1nc(-c2cc(C(=O)NC(C)C)ccc2C)c2c(n1)N(c1c(F)cccc1F)C(=O)NC2. The second kappa shape index (κ2) is 9.17. The molecule has 0 radical (unpaired) electrons. The lowest BCUT2D eigenvalue weighted by Crippen LogP contribution is -2.43. The molecule has 0 spiro atoms. The largest absolute Gasteiger partial charge is 0.350 e. The molecular weight excluding hydrogens is 440 g/mol. The highest BCUT2D eigenvalue weighted by Crippen LogP contribution is 2.38. The van der Waals surface area contributed by atoms with Crippen molar-refractivity contribution in [3.05, 3.63) is 70.5 Å². The molecule has 3 aromatic rings. The topological polar surface area (TPSA) is 87.2 Å². The highest BCUT2D eigenvalue weighted by molar-refractivity contribution is 6.02. The highest BCUT2D eigenvalue weighted by Gasteiger charge is 2.34. The highest BCUT2D eigenvalue weighted by atomic mass is 19.1. The summed E-state index contributed by atoms with van der Waals surface area (Å²) in [4.78, 5) is 35.5. The first kappa shape index (κ1) is 23.3. The summed E-state index contributed by atoms with van der Waals surface area (Å²) in [6, 6.07) is 7.97. The van der Waals surface area contributed by atoms with Crippen LogP contribution in [0.3, 0.4) is 0 Å². The second-order valence-corrected chi connectivity index (χ2v) is 8.37. The molecule has 1 aliphatic rings. The zero-order chi connectivity index (χ0) is 24.6. The van der Waals surface area contributed by atoms with Gasteiger partial charge in [0, 0.05) is 29.2 Å². The monoisotopic (exact) mass is 465 g/mol. The number of carbonyl (C=O) groups is 2. The zero-order valence-corrected chi connectivity index (χ0v) is 19.4. The Bertz CT molecular complexity index is 1270. The van der Waals surface area contributed by atoms with Crippen LogP contribution in [0.1, 0.15) is 48.1 Å². The summed E-state index contributed by atoms with van der Waals surface area (Å²) in [6.45, 7) is 7.56. The van der Waals surface area contributed by atoms with Crippen LogP contribution in [0.5, 0.6) is 0 Å². The van der Waals surface area contributed by atoms with Crippen molar-refractivity contribution < 1.29 is 18.4 Å². The summed E-state index contributed by atoms with van der Waals surface area (Å²) in [5, 5.41) is 5.53. The van der Waals surface area contributed by atoms with Gasteiger partial charge in [-0.05, 0) is 50.6 Å². The molecule has 9 heteroatoms. The molecule has 0 aliphatic carbocycles. The van der Waals surface area contributed by atoms with Crippen molar-refractivity contribution in [2.45, 2.75) is 46.7 Å². The van der Waals surface area contributed by atoms with E-state index in [1.54, 1.807) is 12.1 Å². The number of nitrogens with one attached hydrogen (secondary N) is 2. The number of halogens is 2. The van der Waals surface area contributed by atoms with E-state index < -0.39 is 23.4 Å². The van der Waals surface area contributed by atoms with Crippen molar-refractivity contribution in [1.29, 1.82) is 0 Å². The molecule has 0 saturated heterocycles. The van der Waals surface area contributed by atoms with Gasteiger partial charge in [-0.15, -0.1) is 0 Å². The average Bonchev–Trinajstić information content (AvgIpc) is 2.79. The van der Waals surface area contributed by atoms with Gasteiger partial charge in [-0.1, -0.05) is 19.1 Å². The minimum Gasteiger partial charge on any atom is -0.350 e. The van der Waals surface area contributed by atoms with Crippen molar-refractivity contribution in [2.24, 2.45) is 0 Å². The number of benzene rings is 2. The quantitative estimate of drug-likeness (QED) is 0.567. The van der Waals surface area contributed by atoms with E-state index in [0.717, 1.165) is 22.6 Å². The smallest absolute Gasteiger partial charge is 0.328 e. The van der Waals surface area contributed by atoms with Gasteiger partial charge in [0.15, 0.2) is 5.82 Å². The summed E-state index contributed by atoms with van der Waals surface area (Å²) in [6.07, 6.45) is 0.433. The first-order valence-corrected chi connectivity index (χ1v) is 11.0. The van der Waals surface area contributed by atoms with Crippen LogP contribution in [0, 0.1) is 18.6 Å². The lowest BCUT2D eigenvalue weighted by molar-refractivity contribution is 0.0943. The van der Waals surface area contributed by atoms with Crippen LogP contribution in [0.15, 0.2) is 36.4 Å². The standard InChI is InChI=1S/C25H25F2N5O2/c1-5-20-30-21(16-11-15(10-9-14(16)4)24(33)29-13(2)3)17-12-28-25(34)32(23(17)31-20)22-18(26)7-6-8-19(22)27/h6-11,13H,5,12H2,1-4H3,(H,28,34)(H,29,33). The fraction of sp³-hybridized carbons (Fsp3) is 0.280. The number of aromatic nitrogens is 2. The van der Waals surface area contributed by atoms with Gasteiger partial charge in [-0.2, -0.15) is 0 Å². The van der Waals surface area contributed by atoms with E-state index in [-0.39, 0.29) is 24.3 Å². The molecule has 2 heterocycles. The number of nitrogens with zero attached hydrogens (tertiary/aromatic N) is 3. The number of para-hydroxylation sites is 1. The lowest BCUT2D eigenvalue weighted by Gasteiger charge is -2.31. The average molecular weight is 466 g/mol. The Hall–Kier alpha value is -3.88. The minimum absolute atomic E-state index is 0.0322. The maximum atomic E-state index is 14.7. The number of carbonyl (C=O) groups excluding carboxylic acids is 2. The first-order valence-electron chi connectivity index (χ1n) is 11.0. The molecule has 0 saturated carbocycles. The van der Waals surface area contributed by atoms with E-state index >= 15 is 0 Å². The Balaban J connectivity index is 1.94. The van der Waals surface area contributed by atoms with E-state index in [1.165, 1.54) is 6.07 Å². The Morgan fingerprint density at radius 1 is 1.18 bits per heavy atom. The van der Waals surface area contributed by atoms with Gasteiger partial charge in [0.25, 0.3) is 5.91 Å². The predicted molar refractivity (Wildman–Crippen MR) is 125 cm³/mol. The second-order valence-electron chi connectivity index (χ2n) is 8.37. The third-order valence-electron chi connectivity index (χ3n) is 5.51. The molecule has 0 fully saturated rings. The Morgan fingerprint density at radius 2 is 1.88 bits per heavy atom. The molecule has 2 aromatic carbocycles. The fourth-order valence-electron chi connectivity index (χ4n) is 3.86. The minimum atomic E-state index is -0.884. The summed E-state index contributed by atoms with van der Waals surface area (Å²) >= 11 is 0. The summed E-state index contributed by atoms with van der Waals surface area (Å²) in [7, 11) is 0. The number of aryl methyl sites for hydroxylation is 2. The molecule has 7 nitrogen and oxygen atoms in total. The number of anilines is 2. The number of fused-ring (bicyclic) bond motifs is 1. The lowest BCUT2D eigenvalue weighted by atomic mass is 9.97. The van der Waals surface area contributed by atoms with E-state index in [4.69, 9.17) is 0 Å². The van der Waals surface area contributed by atoms with E-state index in [9.17, 15) is 18.4 Å². The van der Waals surface area contributed by atoms with Gasteiger partial charge in [-0.3, -0.25) is 4.79 Å². The van der Waals surface area contributed by atoms with Crippen molar-refractivity contribution in [2.75, 3.05) is 4.90 Å². The molecule has 3 amide bonds. The van der Waals surface area contributed by atoms with Crippen molar-refractivity contribution in [3.8, 4) is 11.3 Å². The van der Waals surface area contributed by atoms with Crippen molar-refractivity contribution >= 4 is 23.4 Å². The Morgan fingerprint density at radius 3 is 2.53 bits per heavy atom. The molecule has 176 valence electrons. The van der Waals surface area contributed by atoms with Crippen LogP contribution < -0.4 is 15.5 Å². The van der Waals surface area contributed by atoms with E-state index in [0.29, 0.717) is 34.6 Å². The van der Waals surface area contributed by atoms with Crippen molar-refractivity contribution in [1.82, 2.24) is 20.6 Å². The number of urea groups is 1. The molecule has 2 N–H and O–H groups in total. The summed E-state index contributed by atoms with van der Waals surface area (Å²) in [5.41, 5.74) is 2.48. The van der Waals surface area contributed by atoms with Crippen LogP contribution >= 0.6 is 0 Å². The molecule has 1 aliphatic heterocycles. The predicted octanol–water partition coefficient (Wildman–Crippen LogP) is 4.79. The van der Waals surface area contributed by atoms with Gasteiger partial charge in [0.2, 0.25) is 0 Å². The van der Waals surface area contributed by atoms with Crippen LogP contribution in [0.25, 0.3) is 11.3 Å². The number of hydrogen-bond acceptors (Lipinski definition) is 4. The van der Waals surface area contributed by atoms with Gasteiger partial charge in [-0.25, -0.2) is 28.4 Å². The molecule has 0 bridgehead atoms. The fourth-order valence-corrected chi connectivity index (χ4v) is 3.86. The molecular formula is C25H25F2N5O2. The van der Waals surface area contributed by atoms with Crippen LogP contribution in [-0.2, 0) is 13.0 Å². The molecule has 1 aromatic heterocycles. The van der Waals surface area contributed by atoms with Crippen LogP contribution in [-0.4, -0.2) is 27.9 Å². The van der Waals surface area contributed by atoms with Gasteiger partial charge in [0.05, 0.1) is 12.2 Å².